The number of unbranched alkanes of at least 4 members (excludes halogenated alkanes) is 1. The normalized spacial score (nSPS) is 10.8. The first-order valence-electron chi connectivity index (χ1n) is 5.42. The minimum Gasteiger partial charge on any atom is -0.504 e. The Hall–Kier alpha value is -1.84. The van der Waals surface area contributed by atoms with Gasteiger partial charge in [-0.3, -0.25) is 9.20 Å². The van der Waals surface area contributed by atoms with Gasteiger partial charge < -0.3 is 5.11 Å². The van der Waals surface area contributed by atoms with Crippen LogP contribution in [0.2, 0.25) is 0 Å². The summed E-state index contributed by atoms with van der Waals surface area (Å²) >= 11 is 0. The highest BCUT2D eigenvalue weighted by Crippen LogP contribution is 2.13. The van der Waals surface area contributed by atoms with E-state index >= 15 is 0 Å². The molecule has 0 radical (unpaired) electrons. The largest absolute Gasteiger partial charge is 0.504 e. The first-order valence-corrected chi connectivity index (χ1v) is 5.42. The fourth-order valence-electron chi connectivity index (χ4n) is 1.67. The number of aryl methyl sites for hydroxylation is 1. The van der Waals surface area contributed by atoms with Gasteiger partial charge in [0.25, 0.3) is 5.56 Å². The molecule has 16 heavy (non-hydrogen) atoms. The van der Waals surface area contributed by atoms with Gasteiger partial charge in [-0.05, 0) is 25.0 Å². The Balaban J connectivity index is 2.57. The molecule has 0 fully saturated rings. The second-order valence-corrected chi connectivity index (χ2v) is 3.78. The molecule has 4 nitrogen and oxygen atoms in total. The summed E-state index contributed by atoms with van der Waals surface area (Å²) in [6.07, 6.45) is 5.94. The Morgan fingerprint density at radius 3 is 3.06 bits per heavy atom. The Morgan fingerprint density at radius 2 is 2.31 bits per heavy atom. The van der Waals surface area contributed by atoms with Gasteiger partial charge in [-0.1, -0.05) is 13.3 Å². The first-order chi connectivity index (χ1) is 7.74. The molecule has 0 amide bonds. The number of hydrogen-bond donors (Lipinski definition) is 1. The SMILES string of the molecule is CCCCc1cnc2c(O)cccn2c1=O. The molecule has 0 saturated heterocycles. The molecule has 2 aromatic heterocycles. The van der Waals surface area contributed by atoms with Gasteiger partial charge in [0.1, 0.15) is 0 Å². The second-order valence-electron chi connectivity index (χ2n) is 3.78. The van der Waals surface area contributed by atoms with Crippen molar-refractivity contribution in [3.8, 4) is 5.75 Å². The predicted octanol–water partition coefficient (Wildman–Crippen LogP) is 1.74. The van der Waals surface area contributed by atoms with Crippen molar-refractivity contribution in [1.82, 2.24) is 9.38 Å². The number of hydrogen-bond acceptors (Lipinski definition) is 3. The van der Waals surface area contributed by atoms with Crippen molar-refractivity contribution in [1.29, 1.82) is 0 Å². The Labute approximate surface area is 93.2 Å². The summed E-state index contributed by atoms with van der Waals surface area (Å²) in [5.74, 6) is 0.0293. The summed E-state index contributed by atoms with van der Waals surface area (Å²) in [5, 5.41) is 9.54. The molecular formula is C12H14N2O2. The number of rotatable bonds is 3. The minimum absolute atomic E-state index is 0.0293. The average Bonchev–Trinajstić information content (AvgIpc) is 2.29. The van der Waals surface area contributed by atoms with E-state index in [0.29, 0.717) is 11.2 Å². The molecule has 2 heterocycles. The smallest absolute Gasteiger partial charge is 0.261 e. The van der Waals surface area contributed by atoms with E-state index in [1.54, 1.807) is 18.5 Å². The van der Waals surface area contributed by atoms with Crippen molar-refractivity contribution in [3.63, 3.8) is 0 Å². The summed E-state index contributed by atoms with van der Waals surface area (Å²) in [5.41, 5.74) is 0.923. The quantitative estimate of drug-likeness (QED) is 0.853. The molecule has 0 aliphatic heterocycles. The molecule has 0 bridgehead atoms. The third-order valence-corrected chi connectivity index (χ3v) is 2.58. The van der Waals surface area contributed by atoms with Crippen LogP contribution < -0.4 is 5.56 Å². The van der Waals surface area contributed by atoms with E-state index in [2.05, 4.69) is 11.9 Å². The molecule has 0 spiro atoms. The third-order valence-electron chi connectivity index (χ3n) is 2.58. The third kappa shape index (κ3) is 1.78. The fourth-order valence-corrected chi connectivity index (χ4v) is 1.67. The minimum atomic E-state index is -0.0886. The molecule has 0 unspecified atom stereocenters. The van der Waals surface area contributed by atoms with Crippen LogP contribution >= 0.6 is 0 Å². The lowest BCUT2D eigenvalue weighted by molar-refractivity contribution is 0.476. The van der Waals surface area contributed by atoms with Crippen LogP contribution in [-0.2, 0) is 6.42 Å². The molecule has 84 valence electrons. The lowest BCUT2D eigenvalue weighted by Crippen LogP contribution is -2.19. The number of nitrogens with zero attached hydrogens (tertiary/aromatic N) is 2. The lowest BCUT2D eigenvalue weighted by Gasteiger charge is -2.04. The second kappa shape index (κ2) is 4.35. The monoisotopic (exact) mass is 218 g/mol. The summed E-state index contributed by atoms with van der Waals surface area (Å²) in [7, 11) is 0. The van der Waals surface area contributed by atoms with E-state index in [9.17, 15) is 9.90 Å². The Morgan fingerprint density at radius 1 is 1.50 bits per heavy atom. The number of pyridine rings is 1. The van der Waals surface area contributed by atoms with E-state index in [0.717, 1.165) is 19.3 Å². The van der Waals surface area contributed by atoms with Crippen LogP contribution in [-0.4, -0.2) is 14.5 Å². The number of aromatic hydroxyl groups is 1. The molecular weight excluding hydrogens is 204 g/mol. The van der Waals surface area contributed by atoms with Gasteiger partial charge in [-0.15, -0.1) is 0 Å². The van der Waals surface area contributed by atoms with E-state index in [1.807, 2.05) is 0 Å². The molecule has 4 heteroatoms. The maximum Gasteiger partial charge on any atom is 0.261 e. The van der Waals surface area contributed by atoms with Gasteiger partial charge in [-0.2, -0.15) is 0 Å². The van der Waals surface area contributed by atoms with E-state index in [-0.39, 0.29) is 11.3 Å². The average molecular weight is 218 g/mol. The van der Waals surface area contributed by atoms with Gasteiger partial charge in [-0.25, -0.2) is 4.98 Å². The van der Waals surface area contributed by atoms with Crippen molar-refractivity contribution in [2.24, 2.45) is 0 Å². The van der Waals surface area contributed by atoms with Crippen LogP contribution in [0, 0.1) is 0 Å². The Kier molecular flexibility index (Phi) is 2.90. The van der Waals surface area contributed by atoms with Gasteiger partial charge in [0, 0.05) is 18.0 Å². The molecule has 0 saturated carbocycles. The molecule has 2 aromatic rings. The number of aromatic nitrogens is 2. The van der Waals surface area contributed by atoms with Crippen LogP contribution in [0.4, 0.5) is 0 Å². The predicted molar refractivity (Wildman–Crippen MR) is 61.7 cm³/mol. The highest BCUT2D eigenvalue weighted by molar-refractivity contribution is 5.51. The fraction of sp³-hybridized carbons (Fsp3) is 0.333. The Bertz CT molecular complexity index is 560. The van der Waals surface area contributed by atoms with Gasteiger partial charge in [0.2, 0.25) is 0 Å². The zero-order valence-electron chi connectivity index (χ0n) is 9.18. The van der Waals surface area contributed by atoms with E-state index < -0.39 is 0 Å². The lowest BCUT2D eigenvalue weighted by atomic mass is 10.1. The van der Waals surface area contributed by atoms with Crippen LogP contribution in [0.15, 0.2) is 29.3 Å². The van der Waals surface area contributed by atoms with Crippen LogP contribution in [0.3, 0.4) is 0 Å². The standard InChI is InChI=1S/C12H14N2O2/c1-2-3-5-9-8-13-11-10(15)6-4-7-14(11)12(9)16/h4,6-8,15H,2-3,5H2,1H3. The maximum absolute atomic E-state index is 12.0. The number of fused-ring (bicyclic) bond motifs is 1. The molecule has 2 rings (SSSR count). The van der Waals surface area contributed by atoms with Crippen molar-refractivity contribution in [3.05, 3.63) is 40.4 Å². The molecule has 1 N–H and O–H groups in total. The van der Waals surface area contributed by atoms with Crippen LogP contribution in [0.5, 0.6) is 5.75 Å². The summed E-state index contributed by atoms with van der Waals surface area (Å²) in [4.78, 5) is 16.1. The van der Waals surface area contributed by atoms with E-state index in [4.69, 9.17) is 0 Å². The summed E-state index contributed by atoms with van der Waals surface area (Å²) in [6.45, 7) is 2.08. The molecule has 0 aliphatic rings. The van der Waals surface area contributed by atoms with Gasteiger partial charge >= 0.3 is 0 Å². The van der Waals surface area contributed by atoms with E-state index in [1.165, 1.54) is 10.5 Å². The van der Waals surface area contributed by atoms with Crippen molar-refractivity contribution < 1.29 is 5.11 Å². The summed E-state index contributed by atoms with van der Waals surface area (Å²) in [6, 6.07) is 3.16. The molecule has 0 atom stereocenters. The van der Waals surface area contributed by atoms with Crippen LogP contribution in [0.25, 0.3) is 5.65 Å². The zero-order valence-corrected chi connectivity index (χ0v) is 9.18. The topological polar surface area (TPSA) is 54.6 Å². The van der Waals surface area contributed by atoms with Gasteiger partial charge in [0.15, 0.2) is 11.4 Å². The maximum atomic E-state index is 12.0. The van der Waals surface area contributed by atoms with Crippen molar-refractivity contribution in [2.75, 3.05) is 0 Å². The van der Waals surface area contributed by atoms with Crippen molar-refractivity contribution >= 4 is 5.65 Å². The zero-order chi connectivity index (χ0) is 11.5. The summed E-state index contributed by atoms with van der Waals surface area (Å²) < 4.78 is 1.39. The molecule has 0 aromatic carbocycles. The van der Waals surface area contributed by atoms with Crippen LogP contribution in [0.1, 0.15) is 25.3 Å². The highest BCUT2D eigenvalue weighted by atomic mass is 16.3. The first kappa shape index (κ1) is 10.7. The molecule has 0 aliphatic carbocycles. The van der Waals surface area contributed by atoms with Crippen molar-refractivity contribution in [2.45, 2.75) is 26.2 Å². The van der Waals surface area contributed by atoms with Gasteiger partial charge in [0.05, 0.1) is 0 Å². The highest BCUT2D eigenvalue weighted by Gasteiger charge is 2.06.